The van der Waals surface area contributed by atoms with Crippen molar-refractivity contribution in [1.82, 2.24) is 10.3 Å². The van der Waals surface area contributed by atoms with Crippen molar-refractivity contribution >= 4 is 5.91 Å². The zero-order chi connectivity index (χ0) is 13.5. The molecule has 0 spiro atoms. The molecule has 0 radical (unpaired) electrons. The number of hydrogen-bond acceptors (Lipinski definition) is 2. The number of unbranched alkanes of at least 4 members (excludes halogenated alkanes) is 2. The van der Waals surface area contributed by atoms with Crippen LogP contribution in [0.2, 0.25) is 0 Å². The number of amides is 1. The molecule has 0 atom stereocenters. The lowest BCUT2D eigenvalue weighted by Crippen LogP contribution is -2.31. The largest absolute Gasteiger partial charge is 0.352 e. The summed E-state index contributed by atoms with van der Waals surface area (Å²) in [5.41, 5.74) is 1.75. The molecule has 18 heavy (non-hydrogen) atoms. The summed E-state index contributed by atoms with van der Waals surface area (Å²) in [5.74, 6) is -0.280. The maximum atomic E-state index is 11.8. The summed E-state index contributed by atoms with van der Waals surface area (Å²) in [7, 11) is 0. The molecule has 100 valence electrons. The van der Waals surface area contributed by atoms with Gasteiger partial charge in [-0.15, -0.1) is 0 Å². The molecule has 0 aliphatic heterocycles. The van der Waals surface area contributed by atoms with E-state index in [0.29, 0.717) is 6.54 Å². The van der Waals surface area contributed by atoms with Crippen LogP contribution in [-0.4, -0.2) is 17.4 Å². The Morgan fingerprint density at radius 2 is 2.06 bits per heavy atom. The summed E-state index contributed by atoms with van der Waals surface area (Å²) in [6, 6.07) is 1.67. The van der Waals surface area contributed by atoms with E-state index in [-0.39, 0.29) is 17.0 Å². The normalized spacial score (nSPS) is 10.4. The third-order valence-corrected chi connectivity index (χ3v) is 3.01. The molecule has 1 aromatic rings. The van der Waals surface area contributed by atoms with Crippen LogP contribution in [0.5, 0.6) is 0 Å². The molecule has 4 nitrogen and oxygen atoms in total. The SMILES string of the molecule is CCCCCNC(=O)c1cc(C)c(CC)[nH]c1=O. The Bertz CT molecular complexity index is 463. The van der Waals surface area contributed by atoms with Crippen LogP contribution in [0.15, 0.2) is 10.9 Å². The Morgan fingerprint density at radius 1 is 1.33 bits per heavy atom. The smallest absolute Gasteiger partial charge is 0.261 e. The summed E-state index contributed by atoms with van der Waals surface area (Å²) in [6.45, 7) is 6.62. The summed E-state index contributed by atoms with van der Waals surface area (Å²) < 4.78 is 0. The second-order valence-electron chi connectivity index (χ2n) is 4.49. The van der Waals surface area contributed by atoms with Crippen molar-refractivity contribution in [2.45, 2.75) is 46.5 Å². The fraction of sp³-hybridized carbons (Fsp3) is 0.571. The lowest BCUT2D eigenvalue weighted by atomic mass is 10.1. The van der Waals surface area contributed by atoms with Crippen LogP contribution < -0.4 is 10.9 Å². The van der Waals surface area contributed by atoms with E-state index in [4.69, 9.17) is 0 Å². The van der Waals surface area contributed by atoms with Crippen molar-refractivity contribution < 1.29 is 4.79 Å². The van der Waals surface area contributed by atoms with Crippen molar-refractivity contribution in [3.05, 3.63) is 33.2 Å². The van der Waals surface area contributed by atoms with E-state index in [9.17, 15) is 9.59 Å². The standard InChI is InChI=1S/C14H22N2O2/c1-4-6-7-8-15-13(17)11-9-10(3)12(5-2)16-14(11)18/h9H,4-8H2,1-3H3,(H,15,17)(H,16,18). The van der Waals surface area contributed by atoms with Crippen molar-refractivity contribution in [1.29, 1.82) is 0 Å². The van der Waals surface area contributed by atoms with Gasteiger partial charge < -0.3 is 10.3 Å². The first-order valence-electron chi connectivity index (χ1n) is 6.61. The molecule has 1 amide bonds. The number of carbonyl (C=O) groups is 1. The minimum absolute atomic E-state index is 0.209. The Balaban J connectivity index is 2.74. The quantitative estimate of drug-likeness (QED) is 0.760. The van der Waals surface area contributed by atoms with Gasteiger partial charge in [0.2, 0.25) is 0 Å². The Kier molecular flexibility index (Phi) is 5.62. The molecule has 0 bridgehead atoms. The van der Waals surface area contributed by atoms with E-state index in [0.717, 1.165) is 36.9 Å². The molecule has 0 unspecified atom stereocenters. The number of aryl methyl sites for hydroxylation is 2. The minimum atomic E-state index is -0.301. The predicted octanol–water partition coefficient (Wildman–Crippen LogP) is 2.17. The maximum absolute atomic E-state index is 11.8. The van der Waals surface area contributed by atoms with Crippen LogP contribution in [0.3, 0.4) is 0 Å². The molecule has 1 rings (SSSR count). The molecule has 0 saturated carbocycles. The van der Waals surface area contributed by atoms with Crippen molar-refractivity contribution in [2.75, 3.05) is 6.54 Å². The van der Waals surface area contributed by atoms with Gasteiger partial charge in [0.15, 0.2) is 0 Å². The van der Waals surface area contributed by atoms with Crippen molar-refractivity contribution in [3.63, 3.8) is 0 Å². The Morgan fingerprint density at radius 3 is 2.67 bits per heavy atom. The van der Waals surface area contributed by atoms with Crippen LogP contribution in [0.25, 0.3) is 0 Å². The summed E-state index contributed by atoms with van der Waals surface area (Å²) >= 11 is 0. The van der Waals surface area contributed by atoms with Crippen molar-refractivity contribution in [2.24, 2.45) is 0 Å². The van der Waals surface area contributed by atoms with Gasteiger partial charge in [0.25, 0.3) is 11.5 Å². The molecule has 0 aromatic carbocycles. The number of aromatic nitrogens is 1. The van der Waals surface area contributed by atoms with Gasteiger partial charge in [-0.2, -0.15) is 0 Å². The van der Waals surface area contributed by atoms with Gasteiger partial charge >= 0.3 is 0 Å². The van der Waals surface area contributed by atoms with Crippen LogP contribution in [0.4, 0.5) is 0 Å². The third kappa shape index (κ3) is 3.72. The average molecular weight is 250 g/mol. The van der Waals surface area contributed by atoms with Gasteiger partial charge in [0.05, 0.1) is 0 Å². The topological polar surface area (TPSA) is 62.0 Å². The molecular weight excluding hydrogens is 228 g/mol. The molecule has 0 fully saturated rings. The Labute approximate surface area is 108 Å². The van der Waals surface area contributed by atoms with E-state index >= 15 is 0 Å². The Hall–Kier alpha value is -1.58. The first-order valence-corrected chi connectivity index (χ1v) is 6.61. The van der Waals surface area contributed by atoms with Gasteiger partial charge in [-0.1, -0.05) is 26.7 Å². The second kappa shape index (κ2) is 6.99. The highest BCUT2D eigenvalue weighted by Crippen LogP contribution is 2.05. The number of carbonyl (C=O) groups excluding carboxylic acids is 1. The van der Waals surface area contributed by atoms with Crippen LogP contribution in [-0.2, 0) is 6.42 Å². The molecule has 1 heterocycles. The van der Waals surface area contributed by atoms with E-state index in [1.165, 1.54) is 0 Å². The molecule has 1 aromatic heterocycles. The van der Waals surface area contributed by atoms with Gasteiger partial charge in [-0.05, 0) is 31.4 Å². The fourth-order valence-corrected chi connectivity index (χ4v) is 1.88. The molecule has 0 saturated heterocycles. The highest BCUT2D eigenvalue weighted by molar-refractivity contribution is 5.93. The molecule has 0 aliphatic rings. The van der Waals surface area contributed by atoms with Gasteiger partial charge in [0, 0.05) is 12.2 Å². The van der Waals surface area contributed by atoms with Gasteiger partial charge in [-0.25, -0.2) is 0 Å². The van der Waals surface area contributed by atoms with Gasteiger partial charge in [-0.3, -0.25) is 9.59 Å². The fourth-order valence-electron chi connectivity index (χ4n) is 1.88. The van der Waals surface area contributed by atoms with Crippen molar-refractivity contribution in [3.8, 4) is 0 Å². The maximum Gasteiger partial charge on any atom is 0.261 e. The third-order valence-electron chi connectivity index (χ3n) is 3.01. The number of nitrogens with one attached hydrogen (secondary N) is 2. The monoisotopic (exact) mass is 250 g/mol. The average Bonchev–Trinajstić information content (AvgIpc) is 2.36. The first-order chi connectivity index (χ1) is 8.60. The zero-order valence-electron chi connectivity index (χ0n) is 11.4. The van der Waals surface area contributed by atoms with Gasteiger partial charge in [0.1, 0.15) is 5.56 Å². The highest BCUT2D eigenvalue weighted by Gasteiger charge is 2.11. The van der Waals surface area contributed by atoms with E-state index in [1.54, 1.807) is 6.07 Å². The second-order valence-corrected chi connectivity index (χ2v) is 4.49. The van der Waals surface area contributed by atoms with E-state index in [2.05, 4.69) is 17.2 Å². The van der Waals surface area contributed by atoms with Crippen LogP contribution >= 0.6 is 0 Å². The summed E-state index contributed by atoms with van der Waals surface area (Å²) in [4.78, 5) is 26.4. The molecule has 4 heteroatoms. The number of H-pyrrole nitrogens is 1. The number of aromatic amines is 1. The molecule has 2 N–H and O–H groups in total. The number of hydrogen-bond donors (Lipinski definition) is 2. The number of pyridine rings is 1. The predicted molar refractivity (Wildman–Crippen MR) is 73.0 cm³/mol. The summed E-state index contributed by atoms with van der Waals surface area (Å²) in [5, 5.41) is 2.78. The van der Waals surface area contributed by atoms with Crippen LogP contribution in [0, 0.1) is 6.92 Å². The van der Waals surface area contributed by atoms with E-state index in [1.807, 2.05) is 13.8 Å². The van der Waals surface area contributed by atoms with E-state index < -0.39 is 0 Å². The summed E-state index contributed by atoms with van der Waals surface area (Å²) in [6.07, 6.45) is 3.91. The highest BCUT2D eigenvalue weighted by atomic mass is 16.2. The van der Waals surface area contributed by atoms with Crippen LogP contribution in [0.1, 0.15) is 54.7 Å². The minimum Gasteiger partial charge on any atom is -0.352 e. The molecular formula is C14H22N2O2. The molecule has 0 aliphatic carbocycles. The first kappa shape index (κ1) is 14.5. The lowest BCUT2D eigenvalue weighted by Gasteiger charge is -2.07. The lowest BCUT2D eigenvalue weighted by molar-refractivity contribution is 0.0951. The zero-order valence-corrected chi connectivity index (χ0v) is 11.4. The number of rotatable bonds is 6.